The topological polar surface area (TPSA) is 87.5 Å². The molecule has 0 N–H and O–H groups in total. The number of nitriles is 1. The average molecular weight is 370 g/mol. The van der Waals surface area contributed by atoms with Crippen LogP contribution in [0.15, 0.2) is 53.4 Å². The van der Waals surface area contributed by atoms with Gasteiger partial charge in [0.2, 0.25) is 10.0 Å². The molecule has 2 aromatic carbocycles. The standard InChI is InChI=1S/C19H18N2O4S/c20-14-15-6-4-8-17(12-15)25-19(22)16-7-5-9-18(13-16)26(23,24)21-10-2-1-3-11-21/h4-9,12-13H,1-3,10-11H2. The molecule has 0 unspecified atom stereocenters. The molecule has 7 heteroatoms. The smallest absolute Gasteiger partial charge is 0.343 e. The molecule has 0 spiro atoms. The Kier molecular flexibility index (Phi) is 5.35. The van der Waals surface area contributed by atoms with Crippen LogP contribution in [0.2, 0.25) is 0 Å². The number of rotatable bonds is 4. The first-order valence-electron chi connectivity index (χ1n) is 8.33. The molecule has 0 radical (unpaired) electrons. The average Bonchev–Trinajstić information content (AvgIpc) is 2.69. The summed E-state index contributed by atoms with van der Waals surface area (Å²) in [7, 11) is -3.62. The molecule has 26 heavy (non-hydrogen) atoms. The Morgan fingerprint density at radius 3 is 2.50 bits per heavy atom. The van der Waals surface area contributed by atoms with Crippen LogP contribution in [0.5, 0.6) is 5.75 Å². The molecule has 0 aromatic heterocycles. The highest BCUT2D eigenvalue weighted by Gasteiger charge is 2.26. The van der Waals surface area contributed by atoms with Crippen molar-refractivity contribution in [2.24, 2.45) is 0 Å². The van der Waals surface area contributed by atoms with E-state index in [0.29, 0.717) is 18.7 Å². The number of piperidine rings is 1. The molecule has 2 aromatic rings. The Labute approximate surface area is 152 Å². The van der Waals surface area contributed by atoms with Crippen LogP contribution >= 0.6 is 0 Å². The van der Waals surface area contributed by atoms with Crippen LogP contribution in [0.3, 0.4) is 0 Å². The molecule has 0 aliphatic carbocycles. The minimum atomic E-state index is -3.62. The number of carbonyl (C=O) groups excluding carboxylic acids is 1. The van der Waals surface area contributed by atoms with E-state index in [2.05, 4.69) is 0 Å². The number of esters is 1. The summed E-state index contributed by atoms with van der Waals surface area (Å²) in [5.74, 6) is -0.436. The lowest BCUT2D eigenvalue weighted by Gasteiger charge is -2.25. The lowest BCUT2D eigenvalue weighted by atomic mass is 10.2. The molecule has 0 amide bonds. The van der Waals surface area contributed by atoms with Gasteiger partial charge in [-0.1, -0.05) is 18.6 Å². The molecule has 1 aliphatic heterocycles. The Balaban J connectivity index is 1.82. The van der Waals surface area contributed by atoms with Gasteiger partial charge in [0.15, 0.2) is 0 Å². The van der Waals surface area contributed by atoms with Gasteiger partial charge in [0.25, 0.3) is 0 Å². The second kappa shape index (κ2) is 7.68. The van der Waals surface area contributed by atoms with Crippen LogP contribution in [0.4, 0.5) is 0 Å². The van der Waals surface area contributed by atoms with Crippen LogP contribution in [0.1, 0.15) is 35.2 Å². The van der Waals surface area contributed by atoms with Gasteiger partial charge in [-0.05, 0) is 49.2 Å². The second-order valence-corrected chi connectivity index (χ2v) is 7.96. The number of hydrogen-bond donors (Lipinski definition) is 0. The Bertz CT molecular complexity index is 957. The molecule has 134 valence electrons. The fourth-order valence-corrected chi connectivity index (χ4v) is 4.40. The number of ether oxygens (including phenoxy) is 1. The Morgan fingerprint density at radius 1 is 1.04 bits per heavy atom. The number of benzene rings is 2. The molecule has 3 rings (SSSR count). The maximum Gasteiger partial charge on any atom is 0.343 e. The summed E-state index contributed by atoms with van der Waals surface area (Å²) in [6.45, 7) is 0.996. The van der Waals surface area contributed by atoms with Crippen molar-refractivity contribution < 1.29 is 17.9 Å². The van der Waals surface area contributed by atoms with Crippen molar-refractivity contribution >= 4 is 16.0 Å². The lowest BCUT2D eigenvalue weighted by molar-refractivity contribution is 0.0734. The summed E-state index contributed by atoms with van der Waals surface area (Å²) >= 11 is 0. The number of carbonyl (C=O) groups is 1. The van der Waals surface area contributed by atoms with Crippen molar-refractivity contribution in [1.29, 1.82) is 5.26 Å². The molecule has 0 atom stereocenters. The molecular formula is C19H18N2O4S. The van der Waals surface area contributed by atoms with Crippen LogP contribution in [0, 0.1) is 11.3 Å². The van der Waals surface area contributed by atoms with Crippen molar-refractivity contribution in [3.63, 3.8) is 0 Å². The van der Waals surface area contributed by atoms with Gasteiger partial charge in [0.1, 0.15) is 5.75 Å². The highest BCUT2D eigenvalue weighted by molar-refractivity contribution is 7.89. The highest BCUT2D eigenvalue weighted by Crippen LogP contribution is 2.22. The SMILES string of the molecule is N#Cc1cccc(OC(=O)c2cccc(S(=O)(=O)N3CCCCC3)c2)c1. The van der Waals surface area contributed by atoms with Crippen molar-refractivity contribution in [1.82, 2.24) is 4.31 Å². The van der Waals surface area contributed by atoms with Crippen molar-refractivity contribution in [3.8, 4) is 11.8 Å². The summed E-state index contributed by atoms with van der Waals surface area (Å²) < 4.78 is 32.2. The predicted octanol–water partition coefficient (Wildman–Crippen LogP) is 2.95. The Hall–Kier alpha value is -2.69. The van der Waals surface area contributed by atoms with Crippen molar-refractivity contribution in [2.75, 3.05) is 13.1 Å². The first-order chi connectivity index (χ1) is 12.5. The first-order valence-corrected chi connectivity index (χ1v) is 9.77. The largest absolute Gasteiger partial charge is 0.423 e. The van der Waals surface area contributed by atoms with Gasteiger partial charge in [-0.25, -0.2) is 13.2 Å². The molecule has 1 fully saturated rings. The summed E-state index contributed by atoms with van der Waals surface area (Å²) in [5, 5.41) is 8.90. The third-order valence-corrected chi connectivity index (χ3v) is 6.09. The zero-order valence-corrected chi connectivity index (χ0v) is 14.9. The van der Waals surface area contributed by atoms with Gasteiger partial charge in [-0.15, -0.1) is 0 Å². The van der Waals surface area contributed by atoms with Crippen LogP contribution < -0.4 is 4.74 Å². The summed E-state index contributed by atoms with van der Waals surface area (Å²) in [6, 6.07) is 14.0. The van der Waals surface area contributed by atoms with Gasteiger partial charge < -0.3 is 4.74 Å². The van der Waals surface area contributed by atoms with Crippen LogP contribution in [-0.4, -0.2) is 31.8 Å². The molecule has 1 heterocycles. The molecule has 6 nitrogen and oxygen atoms in total. The van der Waals surface area contributed by atoms with Crippen molar-refractivity contribution in [2.45, 2.75) is 24.2 Å². The third kappa shape index (κ3) is 3.93. The number of hydrogen-bond acceptors (Lipinski definition) is 5. The minimum absolute atomic E-state index is 0.0830. The van der Waals surface area contributed by atoms with E-state index in [-0.39, 0.29) is 16.2 Å². The fourth-order valence-electron chi connectivity index (χ4n) is 2.83. The zero-order chi connectivity index (χ0) is 18.6. The van der Waals surface area contributed by atoms with E-state index in [1.807, 2.05) is 6.07 Å². The minimum Gasteiger partial charge on any atom is -0.423 e. The fraction of sp³-hybridized carbons (Fsp3) is 0.263. The molecule has 0 saturated carbocycles. The number of sulfonamides is 1. The molecule has 0 bridgehead atoms. The molecule has 1 aliphatic rings. The quantitative estimate of drug-likeness (QED) is 0.610. The summed E-state index contributed by atoms with van der Waals surface area (Å²) in [6.07, 6.45) is 2.71. The van der Waals surface area contributed by atoms with Crippen LogP contribution in [-0.2, 0) is 10.0 Å². The lowest BCUT2D eigenvalue weighted by Crippen LogP contribution is -2.35. The maximum atomic E-state index is 12.7. The zero-order valence-electron chi connectivity index (χ0n) is 14.1. The normalized spacial score (nSPS) is 15.2. The van der Waals surface area contributed by atoms with Gasteiger partial charge in [0.05, 0.1) is 22.1 Å². The van der Waals surface area contributed by atoms with E-state index in [1.165, 1.54) is 34.6 Å². The van der Waals surface area contributed by atoms with E-state index in [9.17, 15) is 13.2 Å². The van der Waals surface area contributed by atoms with Gasteiger partial charge >= 0.3 is 5.97 Å². The van der Waals surface area contributed by atoms with Gasteiger partial charge in [0, 0.05) is 13.1 Å². The second-order valence-electron chi connectivity index (χ2n) is 6.02. The van der Waals surface area contributed by atoms with E-state index < -0.39 is 16.0 Å². The van der Waals surface area contributed by atoms with E-state index >= 15 is 0 Å². The maximum absolute atomic E-state index is 12.7. The predicted molar refractivity (Wildman–Crippen MR) is 95.2 cm³/mol. The Morgan fingerprint density at radius 2 is 1.77 bits per heavy atom. The molecular weight excluding hydrogens is 352 g/mol. The van der Waals surface area contributed by atoms with E-state index in [1.54, 1.807) is 18.2 Å². The van der Waals surface area contributed by atoms with Gasteiger partial charge in [-0.2, -0.15) is 9.57 Å². The van der Waals surface area contributed by atoms with Crippen LogP contribution in [0.25, 0.3) is 0 Å². The summed E-state index contributed by atoms with van der Waals surface area (Å²) in [5.41, 5.74) is 0.516. The van der Waals surface area contributed by atoms with Crippen molar-refractivity contribution in [3.05, 3.63) is 59.7 Å². The van der Waals surface area contributed by atoms with E-state index in [4.69, 9.17) is 10.00 Å². The monoisotopic (exact) mass is 370 g/mol. The summed E-state index contributed by atoms with van der Waals surface area (Å²) in [4.78, 5) is 12.4. The van der Waals surface area contributed by atoms with E-state index in [0.717, 1.165) is 19.3 Å². The number of nitrogens with zero attached hydrogens (tertiary/aromatic N) is 2. The first kappa shape index (κ1) is 18.1. The molecule has 1 saturated heterocycles. The third-order valence-electron chi connectivity index (χ3n) is 4.20. The van der Waals surface area contributed by atoms with Gasteiger partial charge in [-0.3, -0.25) is 0 Å². The highest BCUT2D eigenvalue weighted by atomic mass is 32.2.